The Morgan fingerprint density at radius 1 is 1.53 bits per heavy atom. The summed E-state index contributed by atoms with van der Waals surface area (Å²) in [5.74, 6) is -0.459. The van der Waals surface area contributed by atoms with E-state index in [0.29, 0.717) is 5.56 Å². The molecule has 0 spiro atoms. The Bertz CT molecular complexity index is 422. The highest BCUT2D eigenvalue weighted by molar-refractivity contribution is 5.34. The van der Waals surface area contributed by atoms with E-state index in [1.54, 1.807) is 12.1 Å². The van der Waals surface area contributed by atoms with E-state index in [1.165, 1.54) is 6.07 Å². The third-order valence-corrected chi connectivity index (χ3v) is 2.93. The van der Waals surface area contributed by atoms with E-state index in [2.05, 4.69) is 5.32 Å². The van der Waals surface area contributed by atoms with Gasteiger partial charge in [0, 0.05) is 12.1 Å². The van der Waals surface area contributed by atoms with Crippen LogP contribution in [0.15, 0.2) is 18.2 Å². The molecule has 0 radical (unpaired) electrons. The third-order valence-electron chi connectivity index (χ3n) is 2.93. The highest BCUT2D eigenvalue weighted by atomic mass is 19.1. The number of nitrogens with zero attached hydrogens (tertiary/aromatic N) is 1. The van der Waals surface area contributed by atoms with Gasteiger partial charge in [0.2, 0.25) is 0 Å². The van der Waals surface area contributed by atoms with Crippen molar-refractivity contribution >= 4 is 0 Å². The number of nitrogens with one attached hydrogen (secondary N) is 1. The summed E-state index contributed by atoms with van der Waals surface area (Å²) in [7, 11) is 0. The molecule has 1 saturated heterocycles. The largest absolute Gasteiger partial charge is 0.372 e. The fourth-order valence-electron chi connectivity index (χ4n) is 1.95. The van der Waals surface area contributed by atoms with Gasteiger partial charge in [-0.3, -0.25) is 0 Å². The zero-order valence-electron chi connectivity index (χ0n) is 9.58. The quantitative estimate of drug-likeness (QED) is 0.869. The van der Waals surface area contributed by atoms with Gasteiger partial charge in [0.15, 0.2) is 0 Å². The van der Waals surface area contributed by atoms with Crippen LogP contribution in [0.2, 0.25) is 0 Å². The SMILES string of the molecule is N#Cc1cccc(COC2CCCNC2)c1F. The first-order chi connectivity index (χ1) is 8.31. The van der Waals surface area contributed by atoms with Crippen LogP contribution in [-0.2, 0) is 11.3 Å². The predicted molar refractivity (Wildman–Crippen MR) is 61.8 cm³/mol. The smallest absolute Gasteiger partial charge is 0.146 e. The van der Waals surface area contributed by atoms with E-state index in [9.17, 15) is 4.39 Å². The molecule has 0 aromatic heterocycles. The summed E-state index contributed by atoms with van der Waals surface area (Å²) in [5, 5.41) is 12.0. The van der Waals surface area contributed by atoms with Crippen LogP contribution in [0.25, 0.3) is 0 Å². The molecule has 1 aromatic rings. The summed E-state index contributed by atoms with van der Waals surface area (Å²) >= 11 is 0. The van der Waals surface area contributed by atoms with Gasteiger partial charge >= 0.3 is 0 Å². The van der Waals surface area contributed by atoms with E-state index in [-0.39, 0.29) is 18.3 Å². The highest BCUT2D eigenvalue weighted by Gasteiger charge is 2.14. The second-order valence-corrected chi connectivity index (χ2v) is 4.17. The molecule has 0 aliphatic carbocycles. The Balaban J connectivity index is 1.96. The number of halogens is 1. The highest BCUT2D eigenvalue weighted by Crippen LogP contribution is 2.15. The van der Waals surface area contributed by atoms with Crippen molar-refractivity contribution in [2.75, 3.05) is 13.1 Å². The second kappa shape index (κ2) is 5.76. The molecule has 1 atom stereocenters. The summed E-state index contributed by atoms with van der Waals surface area (Å²) < 4.78 is 19.3. The lowest BCUT2D eigenvalue weighted by atomic mass is 10.1. The number of rotatable bonds is 3. The minimum atomic E-state index is -0.459. The lowest BCUT2D eigenvalue weighted by Crippen LogP contribution is -2.35. The molecule has 0 bridgehead atoms. The average Bonchev–Trinajstić information content (AvgIpc) is 2.39. The van der Waals surface area contributed by atoms with Gasteiger partial charge in [0.25, 0.3) is 0 Å². The van der Waals surface area contributed by atoms with Crippen molar-refractivity contribution in [1.29, 1.82) is 5.26 Å². The number of piperidine rings is 1. The van der Waals surface area contributed by atoms with Crippen molar-refractivity contribution in [2.45, 2.75) is 25.6 Å². The Labute approximate surface area is 100 Å². The van der Waals surface area contributed by atoms with E-state index < -0.39 is 5.82 Å². The van der Waals surface area contributed by atoms with Crippen LogP contribution in [0.5, 0.6) is 0 Å². The molecule has 1 heterocycles. The number of nitriles is 1. The zero-order valence-corrected chi connectivity index (χ0v) is 9.58. The predicted octanol–water partition coefficient (Wildman–Crippen LogP) is 1.97. The molecule has 2 rings (SSSR count). The lowest BCUT2D eigenvalue weighted by molar-refractivity contribution is 0.0239. The summed E-state index contributed by atoms with van der Waals surface area (Å²) in [5.41, 5.74) is 0.530. The molecule has 4 heteroatoms. The Kier molecular flexibility index (Phi) is 4.08. The van der Waals surface area contributed by atoms with Gasteiger partial charge in [-0.05, 0) is 25.5 Å². The van der Waals surface area contributed by atoms with Gasteiger partial charge < -0.3 is 10.1 Å². The third kappa shape index (κ3) is 3.02. The first-order valence-corrected chi connectivity index (χ1v) is 5.81. The maximum absolute atomic E-state index is 13.7. The minimum Gasteiger partial charge on any atom is -0.372 e. The van der Waals surface area contributed by atoms with Crippen LogP contribution in [0.3, 0.4) is 0 Å². The van der Waals surface area contributed by atoms with Gasteiger partial charge in [-0.25, -0.2) is 4.39 Å². The number of hydrogen-bond donors (Lipinski definition) is 1. The number of benzene rings is 1. The maximum atomic E-state index is 13.7. The van der Waals surface area contributed by atoms with Crippen molar-refractivity contribution in [3.8, 4) is 6.07 Å². The van der Waals surface area contributed by atoms with E-state index in [1.807, 2.05) is 6.07 Å². The summed E-state index contributed by atoms with van der Waals surface area (Å²) in [6, 6.07) is 6.64. The van der Waals surface area contributed by atoms with E-state index >= 15 is 0 Å². The molecule has 1 N–H and O–H groups in total. The molecule has 1 aromatic carbocycles. The lowest BCUT2D eigenvalue weighted by Gasteiger charge is -2.23. The van der Waals surface area contributed by atoms with Crippen LogP contribution >= 0.6 is 0 Å². The van der Waals surface area contributed by atoms with Crippen molar-refractivity contribution < 1.29 is 9.13 Å². The molecular formula is C13H15FN2O. The number of hydrogen-bond acceptors (Lipinski definition) is 3. The van der Waals surface area contributed by atoms with Crippen LogP contribution in [-0.4, -0.2) is 19.2 Å². The maximum Gasteiger partial charge on any atom is 0.146 e. The summed E-state index contributed by atoms with van der Waals surface area (Å²) in [6.07, 6.45) is 2.24. The zero-order chi connectivity index (χ0) is 12.1. The van der Waals surface area contributed by atoms with Crippen molar-refractivity contribution in [1.82, 2.24) is 5.32 Å². The van der Waals surface area contributed by atoms with Gasteiger partial charge in [-0.15, -0.1) is 0 Å². The van der Waals surface area contributed by atoms with Crippen LogP contribution in [0, 0.1) is 17.1 Å². The Morgan fingerprint density at radius 2 is 2.41 bits per heavy atom. The molecule has 3 nitrogen and oxygen atoms in total. The van der Waals surface area contributed by atoms with Crippen LogP contribution in [0.1, 0.15) is 24.0 Å². The average molecular weight is 234 g/mol. The Morgan fingerprint density at radius 3 is 3.12 bits per heavy atom. The molecule has 90 valence electrons. The van der Waals surface area contributed by atoms with Gasteiger partial charge in [0.1, 0.15) is 11.9 Å². The molecule has 0 amide bonds. The minimum absolute atomic E-state index is 0.0767. The van der Waals surface area contributed by atoms with E-state index in [0.717, 1.165) is 25.9 Å². The first kappa shape index (κ1) is 12.0. The standard InChI is InChI=1S/C13H15FN2O/c14-13-10(7-15)3-1-4-11(13)9-17-12-5-2-6-16-8-12/h1,3-4,12,16H,2,5-6,8-9H2. The molecule has 17 heavy (non-hydrogen) atoms. The molecule has 1 aliphatic heterocycles. The molecule has 1 unspecified atom stereocenters. The second-order valence-electron chi connectivity index (χ2n) is 4.17. The number of ether oxygens (including phenoxy) is 1. The van der Waals surface area contributed by atoms with Crippen LogP contribution in [0.4, 0.5) is 4.39 Å². The Hall–Kier alpha value is -1.44. The van der Waals surface area contributed by atoms with Gasteiger partial charge in [0.05, 0.1) is 18.3 Å². The van der Waals surface area contributed by atoms with Crippen molar-refractivity contribution in [3.05, 3.63) is 35.1 Å². The summed E-state index contributed by atoms with van der Waals surface area (Å²) in [4.78, 5) is 0. The molecular weight excluding hydrogens is 219 g/mol. The van der Waals surface area contributed by atoms with Gasteiger partial charge in [-0.1, -0.05) is 12.1 Å². The normalized spacial score (nSPS) is 19.9. The molecule has 0 saturated carbocycles. The fourth-order valence-corrected chi connectivity index (χ4v) is 1.95. The topological polar surface area (TPSA) is 45.0 Å². The van der Waals surface area contributed by atoms with Gasteiger partial charge in [-0.2, -0.15) is 5.26 Å². The summed E-state index contributed by atoms with van der Waals surface area (Å²) in [6.45, 7) is 2.07. The monoisotopic (exact) mass is 234 g/mol. The van der Waals surface area contributed by atoms with Crippen molar-refractivity contribution in [3.63, 3.8) is 0 Å². The first-order valence-electron chi connectivity index (χ1n) is 5.81. The van der Waals surface area contributed by atoms with Crippen LogP contribution < -0.4 is 5.32 Å². The molecule has 1 aliphatic rings. The van der Waals surface area contributed by atoms with Crippen molar-refractivity contribution in [2.24, 2.45) is 0 Å². The molecule has 1 fully saturated rings. The fraction of sp³-hybridized carbons (Fsp3) is 0.462. The van der Waals surface area contributed by atoms with E-state index in [4.69, 9.17) is 10.00 Å².